The molecule has 0 bridgehead atoms. The summed E-state index contributed by atoms with van der Waals surface area (Å²) < 4.78 is 7.67. The third kappa shape index (κ3) is 2.74. The van der Waals surface area contributed by atoms with Crippen molar-refractivity contribution in [1.82, 2.24) is 19.4 Å². The van der Waals surface area contributed by atoms with E-state index in [2.05, 4.69) is 9.97 Å². The fourth-order valence-corrected chi connectivity index (χ4v) is 3.57. The molecule has 0 radical (unpaired) electrons. The number of ether oxygens (including phenoxy) is 1. The highest BCUT2D eigenvalue weighted by Gasteiger charge is 2.36. The van der Waals surface area contributed by atoms with E-state index in [0.717, 1.165) is 18.7 Å². The van der Waals surface area contributed by atoms with E-state index in [9.17, 15) is 4.79 Å². The Hall–Kier alpha value is -2.21. The van der Waals surface area contributed by atoms with Gasteiger partial charge >= 0.3 is 0 Å². The van der Waals surface area contributed by atoms with Crippen LogP contribution in [0.15, 0.2) is 37.1 Å². The maximum absolute atomic E-state index is 12.9. The topological polar surface area (TPSA) is 60.2 Å². The van der Waals surface area contributed by atoms with E-state index in [-0.39, 0.29) is 18.1 Å². The number of nitrogens with zero attached hydrogens (tertiary/aromatic N) is 4. The van der Waals surface area contributed by atoms with Gasteiger partial charge in [0.05, 0.1) is 24.3 Å². The first-order chi connectivity index (χ1) is 11.3. The average Bonchev–Trinajstić information content (AvgIpc) is 3.15. The van der Waals surface area contributed by atoms with Crippen LogP contribution >= 0.6 is 0 Å². The van der Waals surface area contributed by atoms with Crippen molar-refractivity contribution >= 4 is 5.91 Å². The second-order valence-corrected chi connectivity index (χ2v) is 6.13. The third-order valence-corrected chi connectivity index (χ3v) is 4.76. The van der Waals surface area contributed by atoms with Crippen molar-refractivity contribution in [1.29, 1.82) is 0 Å². The summed E-state index contributed by atoms with van der Waals surface area (Å²) in [6.07, 6.45) is 11.6. The van der Waals surface area contributed by atoms with Crippen LogP contribution in [0.2, 0.25) is 0 Å². The zero-order valence-corrected chi connectivity index (χ0v) is 13.0. The first-order valence-electron chi connectivity index (χ1n) is 8.20. The molecule has 2 aromatic heterocycles. The number of hydrogen-bond donors (Lipinski definition) is 0. The van der Waals surface area contributed by atoms with Crippen molar-refractivity contribution in [2.75, 3.05) is 13.2 Å². The van der Waals surface area contributed by atoms with Crippen molar-refractivity contribution in [2.45, 2.75) is 37.8 Å². The van der Waals surface area contributed by atoms with E-state index in [1.807, 2.05) is 27.8 Å². The van der Waals surface area contributed by atoms with Gasteiger partial charge in [0.25, 0.3) is 5.91 Å². The molecule has 120 valence electrons. The Kier molecular flexibility index (Phi) is 3.83. The minimum atomic E-state index is 0.0647. The molecule has 3 heterocycles. The number of imidazole rings is 1. The van der Waals surface area contributed by atoms with Crippen molar-refractivity contribution in [3.63, 3.8) is 0 Å². The molecule has 2 aromatic rings. The fourth-order valence-electron chi connectivity index (χ4n) is 3.57. The van der Waals surface area contributed by atoms with E-state index >= 15 is 0 Å². The SMILES string of the molecule is O=C(c1ccc(-n2ccnc2)nc1)N1CCO[C@H]2CCCC[C@H]21. The molecule has 0 unspecified atom stereocenters. The fraction of sp³-hybridized carbons (Fsp3) is 0.471. The normalized spacial score (nSPS) is 24.3. The van der Waals surface area contributed by atoms with Gasteiger partial charge in [-0.15, -0.1) is 0 Å². The molecule has 1 aliphatic carbocycles. The van der Waals surface area contributed by atoms with Crippen molar-refractivity contribution < 1.29 is 9.53 Å². The number of pyridine rings is 1. The number of rotatable bonds is 2. The Balaban J connectivity index is 1.54. The Morgan fingerprint density at radius 3 is 2.96 bits per heavy atom. The lowest BCUT2D eigenvalue weighted by atomic mass is 9.90. The number of morpholine rings is 1. The molecule has 1 aliphatic heterocycles. The average molecular weight is 312 g/mol. The molecule has 6 nitrogen and oxygen atoms in total. The number of fused-ring (bicyclic) bond motifs is 1. The number of hydrogen-bond acceptors (Lipinski definition) is 4. The smallest absolute Gasteiger partial charge is 0.255 e. The van der Waals surface area contributed by atoms with Gasteiger partial charge in [0.1, 0.15) is 12.1 Å². The van der Waals surface area contributed by atoms with Crippen molar-refractivity contribution in [2.24, 2.45) is 0 Å². The number of amides is 1. The predicted molar refractivity (Wildman–Crippen MR) is 84.4 cm³/mol. The largest absolute Gasteiger partial charge is 0.374 e. The summed E-state index contributed by atoms with van der Waals surface area (Å²) in [6.45, 7) is 1.30. The number of carbonyl (C=O) groups excluding carboxylic acids is 1. The van der Waals surface area contributed by atoms with Gasteiger partial charge in [-0.25, -0.2) is 9.97 Å². The Morgan fingerprint density at radius 1 is 1.26 bits per heavy atom. The Bertz CT molecular complexity index is 666. The first kappa shape index (κ1) is 14.4. The maximum atomic E-state index is 12.9. The second-order valence-electron chi connectivity index (χ2n) is 6.13. The van der Waals surface area contributed by atoms with E-state index < -0.39 is 0 Å². The molecule has 4 rings (SSSR count). The van der Waals surface area contributed by atoms with Gasteiger partial charge in [-0.3, -0.25) is 9.36 Å². The first-order valence-corrected chi connectivity index (χ1v) is 8.20. The molecule has 2 fully saturated rings. The van der Waals surface area contributed by atoms with Crippen molar-refractivity contribution in [3.8, 4) is 5.82 Å². The summed E-state index contributed by atoms with van der Waals surface area (Å²) in [5.74, 6) is 0.825. The van der Waals surface area contributed by atoms with Crippen LogP contribution in [0.1, 0.15) is 36.0 Å². The molecule has 0 N–H and O–H groups in total. The summed E-state index contributed by atoms with van der Waals surface area (Å²) in [5, 5.41) is 0. The lowest BCUT2D eigenvalue weighted by Gasteiger charge is -2.43. The molecular weight excluding hydrogens is 292 g/mol. The van der Waals surface area contributed by atoms with E-state index in [1.165, 1.54) is 12.8 Å². The summed E-state index contributed by atoms with van der Waals surface area (Å²) in [6, 6.07) is 3.92. The zero-order chi connectivity index (χ0) is 15.6. The van der Waals surface area contributed by atoms with E-state index in [1.54, 1.807) is 18.7 Å². The quantitative estimate of drug-likeness (QED) is 0.851. The minimum absolute atomic E-state index is 0.0647. The molecule has 1 saturated carbocycles. The van der Waals surface area contributed by atoms with Gasteiger partial charge in [-0.1, -0.05) is 12.8 Å². The van der Waals surface area contributed by atoms with E-state index in [4.69, 9.17) is 4.74 Å². The van der Waals surface area contributed by atoms with Gasteiger partial charge < -0.3 is 9.64 Å². The number of aromatic nitrogens is 3. The lowest BCUT2D eigenvalue weighted by Crippen LogP contribution is -2.54. The lowest BCUT2D eigenvalue weighted by molar-refractivity contribution is -0.0752. The molecule has 1 saturated heterocycles. The van der Waals surface area contributed by atoms with Crippen LogP contribution in [-0.2, 0) is 4.74 Å². The standard InChI is InChI=1S/C17H20N4O2/c22-17(21-9-10-23-15-4-2-1-3-14(15)21)13-5-6-16(19-11-13)20-8-7-18-12-20/h5-8,11-12,14-15H,1-4,9-10H2/t14-,15+/m1/s1. The monoisotopic (exact) mass is 312 g/mol. The van der Waals surface area contributed by atoms with Gasteiger partial charge in [-0.05, 0) is 25.0 Å². The maximum Gasteiger partial charge on any atom is 0.255 e. The summed E-state index contributed by atoms with van der Waals surface area (Å²) in [7, 11) is 0. The van der Waals surface area contributed by atoms with Gasteiger partial charge in [0.15, 0.2) is 0 Å². The van der Waals surface area contributed by atoms with Crippen LogP contribution in [0.3, 0.4) is 0 Å². The van der Waals surface area contributed by atoms with Crippen LogP contribution in [0.4, 0.5) is 0 Å². The third-order valence-electron chi connectivity index (χ3n) is 4.76. The van der Waals surface area contributed by atoms with Crippen LogP contribution in [0, 0.1) is 0 Å². The Labute approximate surface area is 135 Å². The van der Waals surface area contributed by atoms with Crippen molar-refractivity contribution in [3.05, 3.63) is 42.6 Å². The second kappa shape index (κ2) is 6.12. The molecule has 0 spiro atoms. The van der Waals surface area contributed by atoms with Crippen LogP contribution < -0.4 is 0 Å². The highest BCUT2D eigenvalue weighted by atomic mass is 16.5. The Morgan fingerprint density at radius 2 is 2.17 bits per heavy atom. The predicted octanol–water partition coefficient (Wildman–Crippen LogP) is 2.05. The minimum Gasteiger partial charge on any atom is -0.374 e. The molecule has 2 aliphatic rings. The zero-order valence-electron chi connectivity index (χ0n) is 13.0. The van der Waals surface area contributed by atoms with Crippen LogP contribution in [0.5, 0.6) is 0 Å². The van der Waals surface area contributed by atoms with E-state index in [0.29, 0.717) is 18.7 Å². The number of carbonyl (C=O) groups is 1. The summed E-state index contributed by atoms with van der Waals surface area (Å²) in [5.41, 5.74) is 0.639. The van der Waals surface area contributed by atoms with Gasteiger partial charge in [0, 0.05) is 25.1 Å². The van der Waals surface area contributed by atoms with Gasteiger partial charge in [-0.2, -0.15) is 0 Å². The van der Waals surface area contributed by atoms with Gasteiger partial charge in [0.2, 0.25) is 0 Å². The molecular formula is C17H20N4O2. The molecule has 1 amide bonds. The van der Waals surface area contributed by atoms with Crippen LogP contribution in [-0.4, -0.2) is 50.6 Å². The molecule has 0 aromatic carbocycles. The molecule has 6 heteroatoms. The highest BCUT2D eigenvalue weighted by molar-refractivity contribution is 5.94. The molecule has 23 heavy (non-hydrogen) atoms. The van der Waals surface area contributed by atoms with Crippen LogP contribution in [0.25, 0.3) is 5.82 Å². The molecule has 2 atom stereocenters. The summed E-state index contributed by atoms with van der Waals surface area (Å²) >= 11 is 0. The summed E-state index contributed by atoms with van der Waals surface area (Å²) in [4.78, 5) is 23.2. The highest BCUT2D eigenvalue weighted by Crippen LogP contribution is 2.29.